The fraction of sp³-hybridized carbons (Fsp3) is 0.435. The van der Waals surface area contributed by atoms with Crippen LogP contribution in [-0.2, 0) is 11.2 Å². The van der Waals surface area contributed by atoms with E-state index in [1.807, 2.05) is 31.2 Å². The molecule has 0 bridgehead atoms. The summed E-state index contributed by atoms with van der Waals surface area (Å²) in [6.45, 7) is 7.32. The summed E-state index contributed by atoms with van der Waals surface area (Å²) in [5.74, 6) is 2.45. The zero-order chi connectivity index (χ0) is 19.7. The Kier molecular flexibility index (Phi) is 4.92. The largest absolute Gasteiger partial charge is 0.487 e. The van der Waals surface area contributed by atoms with Crippen LogP contribution >= 0.6 is 0 Å². The lowest BCUT2D eigenvalue weighted by Gasteiger charge is -2.38. The Morgan fingerprint density at radius 1 is 1.07 bits per heavy atom. The van der Waals surface area contributed by atoms with E-state index in [9.17, 15) is 4.79 Å². The van der Waals surface area contributed by atoms with Gasteiger partial charge in [0.15, 0.2) is 11.5 Å². The second-order valence-electron chi connectivity index (χ2n) is 8.21. The molecule has 2 aliphatic rings. The monoisotopic (exact) mass is 381 g/mol. The highest BCUT2D eigenvalue weighted by molar-refractivity contribution is 5.77. The van der Waals surface area contributed by atoms with Gasteiger partial charge in [-0.05, 0) is 56.5 Å². The van der Waals surface area contributed by atoms with Gasteiger partial charge in [-0.1, -0.05) is 18.2 Å². The zero-order valence-corrected chi connectivity index (χ0v) is 16.7. The number of carbonyl (C=O) groups is 1. The first-order chi connectivity index (χ1) is 13.4. The van der Waals surface area contributed by atoms with Crippen molar-refractivity contribution in [3.05, 3.63) is 53.1 Å². The molecule has 0 saturated heterocycles. The lowest BCUT2D eigenvalue weighted by Crippen LogP contribution is -2.41. The third kappa shape index (κ3) is 4.08. The third-order valence-corrected chi connectivity index (χ3v) is 5.21. The number of fused-ring (bicyclic) bond motifs is 2. The van der Waals surface area contributed by atoms with E-state index in [4.69, 9.17) is 14.2 Å². The van der Waals surface area contributed by atoms with Gasteiger partial charge in [0, 0.05) is 18.4 Å². The Balaban J connectivity index is 1.41. The molecule has 1 unspecified atom stereocenters. The van der Waals surface area contributed by atoms with E-state index in [2.05, 4.69) is 31.3 Å². The van der Waals surface area contributed by atoms with Crippen LogP contribution in [0.4, 0.5) is 0 Å². The summed E-state index contributed by atoms with van der Waals surface area (Å²) in [6, 6.07) is 12.0. The summed E-state index contributed by atoms with van der Waals surface area (Å²) in [7, 11) is 0. The summed E-state index contributed by atoms with van der Waals surface area (Å²) < 4.78 is 17.3. The first-order valence-electron chi connectivity index (χ1n) is 9.87. The number of hydrogen-bond donors (Lipinski definition) is 1. The molecule has 1 N–H and O–H groups in total. The molecule has 2 aromatic carbocycles. The minimum Gasteiger partial charge on any atom is -0.487 e. The van der Waals surface area contributed by atoms with Crippen molar-refractivity contribution in [2.45, 2.75) is 51.7 Å². The fourth-order valence-electron chi connectivity index (χ4n) is 3.86. The van der Waals surface area contributed by atoms with Crippen molar-refractivity contribution < 1.29 is 19.0 Å². The molecule has 5 heteroatoms. The molecule has 28 heavy (non-hydrogen) atoms. The van der Waals surface area contributed by atoms with E-state index in [0.717, 1.165) is 40.4 Å². The summed E-state index contributed by atoms with van der Waals surface area (Å²) in [4.78, 5) is 12.7. The minimum atomic E-state index is -0.311. The number of nitrogens with one attached hydrogen (secondary N) is 1. The van der Waals surface area contributed by atoms with Crippen LogP contribution in [0.5, 0.6) is 17.2 Å². The number of benzene rings is 2. The van der Waals surface area contributed by atoms with Crippen LogP contribution in [0.2, 0.25) is 0 Å². The third-order valence-electron chi connectivity index (χ3n) is 5.21. The average Bonchev–Trinajstić information content (AvgIpc) is 2.65. The van der Waals surface area contributed by atoms with E-state index >= 15 is 0 Å². The van der Waals surface area contributed by atoms with E-state index in [0.29, 0.717) is 26.1 Å². The molecule has 4 rings (SSSR count). The SMILES string of the molecule is Cc1ccc2c(c1)OC(C)(C)CC2NC(=O)CCc1ccc2c(c1)OCCO2. The maximum Gasteiger partial charge on any atom is 0.220 e. The molecule has 1 atom stereocenters. The van der Waals surface area contributed by atoms with Crippen LogP contribution in [0, 0.1) is 6.92 Å². The van der Waals surface area contributed by atoms with Crippen LogP contribution < -0.4 is 19.5 Å². The first kappa shape index (κ1) is 18.7. The van der Waals surface area contributed by atoms with Crippen LogP contribution in [0.25, 0.3) is 0 Å². The van der Waals surface area contributed by atoms with Gasteiger partial charge in [-0.25, -0.2) is 0 Å². The van der Waals surface area contributed by atoms with Gasteiger partial charge in [0.05, 0.1) is 6.04 Å². The summed E-state index contributed by atoms with van der Waals surface area (Å²) in [5.41, 5.74) is 2.97. The molecule has 0 spiro atoms. The van der Waals surface area contributed by atoms with Crippen molar-refractivity contribution in [1.82, 2.24) is 5.32 Å². The highest BCUT2D eigenvalue weighted by Gasteiger charge is 2.34. The van der Waals surface area contributed by atoms with Crippen molar-refractivity contribution in [1.29, 1.82) is 0 Å². The van der Waals surface area contributed by atoms with Gasteiger partial charge in [0.2, 0.25) is 5.91 Å². The molecule has 1 amide bonds. The quantitative estimate of drug-likeness (QED) is 0.866. The second-order valence-corrected chi connectivity index (χ2v) is 8.21. The standard InChI is InChI=1S/C23H27NO4/c1-15-4-7-17-18(14-23(2,3)28-20(17)12-15)24-22(25)9-6-16-5-8-19-21(13-16)27-11-10-26-19/h4-5,7-8,12-13,18H,6,9-11,14H2,1-3H3,(H,24,25). The highest BCUT2D eigenvalue weighted by Crippen LogP contribution is 2.40. The van der Waals surface area contributed by atoms with Crippen molar-refractivity contribution >= 4 is 5.91 Å². The lowest BCUT2D eigenvalue weighted by atomic mass is 9.89. The van der Waals surface area contributed by atoms with Gasteiger partial charge in [-0.3, -0.25) is 4.79 Å². The van der Waals surface area contributed by atoms with Crippen LogP contribution in [0.15, 0.2) is 36.4 Å². The maximum absolute atomic E-state index is 12.7. The van der Waals surface area contributed by atoms with Gasteiger partial charge in [-0.15, -0.1) is 0 Å². The van der Waals surface area contributed by atoms with E-state index in [1.165, 1.54) is 0 Å². The Hall–Kier alpha value is -2.69. The summed E-state index contributed by atoms with van der Waals surface area (Å²) in [5, 5.41) is 3.21. The smallest absolute Gasteiger partial charge is 0.220 e. The molecule has 0 fully saturated rings. The molecular formula is C23H27NO4. The van der Waals surface area contributed by atoms with Gasteiger partial charge in [-0.2, -0.15) is 0 Å². The lowest BCUT2D eigenvalue weighted by molar-refractivity contribution is -0.122. The Morgan fingerprint density at radius 2 is 1.86 bits per heavy atom. The number of rotatable bonds is 4. The fourth-order valence-corrected chi connectivity index (χ4v) is 3.86. The van der Waals surface area contributed by atoms with E-state index in [1.54, 1.807) is 0 Å². The van der Waals surface area contributed by atoms with Crippen molar-refractivity contribution in [3.63, 3.8) is 0 Å². The Labute approximate surface area is 166 Å². The number of aryl methyl sites for hydroxylation is 2. The van der Waals surface area contributed by atoms with Crippen LogP contribution in [0.3, 0.4) is 0 Å². The van der Waals surface area contributed by atoms with Gasteiger partial charge >= 0.3 is 0 Å². The average molecular weight is 381 g/mol. The molecule has 148 valence electrons. The highest BCUT2D eigenvalue weighted by atomic mass is 16.6. The summed E-state index contributed by atoms with van der Waals surface area (Å²) >= 11 is 0. The Morgan fingerprint density at radius 3 is 2.68 bits per heavy atom. The molecule has 0 saturated carbocycles. The van der Waals surface area contributed by atoms with E-state index < -0.39 is 0 Å². The molecular weight excluding hydrogens is 354 g/mol. The predicted octanol–water partition coefficient (Wildman–Crippen LogP) is 4.12. The first-order valence-corrected chi connectivity index (χ1v) is 9.87. The number of hydrogen-bond acceptors (Lipinski definition) is 4. The maximum atomic E-state index is 12.7. The molecule has 2 aromatic rings. The predicted molar refractivity (Wildman–Crippen MR) is 107 cm³/mol. The molecule has 0 radical (unpaired) electrons. The van der Waals surface area contributed by atoms with Crippen molar-refractivity contribution in [2.75, 3.05) is 13.2 Å². The zero-order valence-electron chi connectivity index (χ0n) is 16.7. The van der Waals surface area contributed by atoms with Crippen molar-refractivity contribution in [3.8, 4) is 17.2 Å². The molecule has 0 aromatic heterocycles. The summed E-state index contributed by atoms with van der Waals surface area (Å²) in [6.07, 6.45) is 1.84. The van der Waals surface area contributed by atoms with Crippen LogP contribution in [-0.4, -0.2) is 24.7 Å². The molecule has 5 nitrogen and oxygen atoms in total. The van der Waals surface area contributed by atoms with Gasteiger partial charge in [0.1, 0.15) is 24.6 Å². The normalized spacial score (nSPS) is 19.3. The van der Waals surface area contributed by atoms with Crippen molar-refractivity contribution in [2.24, 2.45) is 0 Å². The van der Waals surface area contributed by atoms with Gasteiger partial charge < -0.3 is 19.5 Å². The molecule has 2 heterocycles. The second kappa shape index (κ2) is 7.38. The molecule has 2 aliphatic heterocycles. The topological polar surface area (TPSA) is 56.8 Å². The number of carbonyl (C=O) groups excluding carboxylic acids is 1. The minimum absolute atomic E-state index is 0.0351. The number of amides is 1. The molecule has 0 aliphatic carbocycles. The van der Waals surface area contributed by atoms with Gasteiger partial charge in [0.25, 0.3) is 0 Å². The Bertz CT molecular complexity index is 890. The van der Waals surface area contributed by atoms with E-state index in [-0.39, 0.29) is 17.6 Å². The van der Waals surface area contributed by atoms with Crippen LogP contribution in [0.1, 0.15) is 49.4 Å². The number of ether oxygens (including phenoxy) is 3.